The minimum atomic E-state index is -0.809. The maximum absolute atomic E-state index is 10.8. The molecule has 0 fully saturated rings. The molecule has 0 saturated heterocycles. The molecule has 0 aliphatic heterocycles. The average molecular weight is 324 g/mol. The first kappa shape index (κ1) is 17.8. The third kappa shape index (κ3) is 5.25. The van der Waals surface area contributed by atoms with Gasteiger partial charge in [0.2, 0.25) is 0 Å². The molecule has 4 nitrogen and oxygen atoms in total. The Balaban J connectivity index is 2.16. The fourth-order valence-corrected chi connectivity index (χ4v) is 2.51. The van der Waals surface area contributed by atoms with E-state index in [4.69, 9.17) is 5.11 Å². The van der Waals surface area contributed by atoms with E-state index in [1.165, 1.54) is 16.7 Å². The van der Waals surface area contributed by atoms with Gasteiger partial charge in [0.25, 0.3) is 0 Å². The first-order valence-electron chi connectivity index (χ1n) is 8.04. The average Bonchev–Trinajstić information content (AvgIpc) is 3.09. The first-order valence-corrected chi connectivity index (χ1v) is 8.04. The van der Waals surface area contributed by atoms with Crippen LogP contribution < -0.4 is 0 Å². The number of carboxylic acid groups (broad SMARTS) is 1. The second-order valence-electron chi connectivity index (χ2n) is 5.77. The van der Waals surface area contributed by atoms with Crippen molar-refractivity contribution < 1.29 is 9.90 Å². The Bertz CT molecular complexity index is 698. The van der Waals surface area contributed by atoms with Crippen molar-refractivity contribution >= 4 is 11.5 Å². The Morgan fingerprint density at radius 1 is 1.21 bits per heavy atom. The van der Waals surface area contributed by atoms with E-state index < -0.39 is 5.97 Å². The van der Waals surface area contributed by atoms with Crippen LogP contribution in [0.25, 0.3) is 16.7 Å². The van der Waals surface area contributed by atoms with Crippen LogP contribution in [0, 0.1) is 0 Å². The molecule has 1 aromatic carbocycles. The van der Waals surface area contributed by atoms with Gasteiger partial charge in [-0.2, -0.15) is 0 Å². The van der Waals surface area contributed by atoms with Crippen molar-refractivity contribution in [2.45, 2.75) is 13.3 Å². The number of nitrogens with one attached hydrogen (secondary N) is 1. The first-order chi connectivity index (χ1) is 11.6. The highest BCUT2D eigenvalue weighted by molar-refractivity contribution is 5.71. The van der Waals surface area contributed by atoms with Crippen molar-refractivity contribution in [3.05, 3.63) is 66.5 Å². The van der Waals surface area contributed by atoms with Gasteiger partial charge < -0.3 is 10.1 Å². The van der Waals surface area contributed by atoms with Crippen molar-refractivity contribution in [3.63, 3.8) is 0 Å². The molecule has 4 heteroatoms. The fraction of sp³-hybridized carbons (Fsp3) is 0.250. The molecule has 0 amide bonds. The number of H-pyrrole nitrogens is 1. The lowest BCUT2D eigenvalue weighted by atomic mass is 9.99. The Hall–Kier alpha value is -2.59. The lowest BCUT2D eigenvalue weighted by molar-refractivity contribution is -0.137. The molecule has 2 rings (SSSR count). The quantitative estimate of drug-likeness (QED) is 0.720. The van der Waals surface area contributed by atoms with Crippen molar-refractivity contribution in [2.75, 3.05) is 20.1 Å². The largest absolute Gasteiger partial charge is 0.480 e. The second-order valence-corrected chi connectivity index (χ2v) is 5.77. The van der Waals surface area contributed by atoms with Gasteiger partial charge in [-0.25, -0.2) is 0 Å². The molecular formula is C20H24N2O2. The van der Waals surface area contributed by atoms with Crippen LogP contribution in [0.15, 0.2) is 61.0 Å². The maximum atomic E-state index is 10.8. The molecule has 1 aromatic heterocycles. The van der Waals surface area contributed by atoms with Crippen LogP contribution in [-0.2, 0) is 4.79 Å². The molecule has 0 aliphatic carbocycles. The van der Waals surface area contributed by atoms with E-state index in [1.807, 2.05) is 38.5 Å². The van der Waals surface area contributed by atoms with Gasteiger partial charge in [0.1, 0.15) is 0 Å². The zero-order chi connectivity index (χ0) is 17.4. The van der Waals surface area contributed by atoms with Crippen molar-refractivity contribution in [2.24, 2.45) is 0 Å². The molecule has 1 heterocycles. The highest BCUT2D eigenvalue weighted by atomic mass is 16.4. The van der Waals surface area contributed by atoms with Gasteiger partial charge in [0.05, 0.1) is 6.54 Å². The van der Waals surface area contributed by atoms with Gasteiger partial charge in [-0.15, -0.1) is 0 Å². The van der Waals surface area contributed by atoms with Crippen molar-refractivity contribution in [1.82, 2.24) is 9.88 Å². The van der Waals surface area contributed by atoms with Gasteiger partial charge in [-0.3, -0.25) is 9.69 Å². The summed E-state index contributed by atoms with van der Waals surface area (Å²) in [5.41, 5.74) is 4.71. The third-order valence-electron chi connectivity index (χ3n) is 3.81. The molecule has 0 saturated carbocycles. The summed E-state index contributed by atoms with van der Waals surface area (Å²) in [5, 5.41) is 8.85. The standard InChI is InChI=1S/C20H24N2O2/c1-3-4-5-16(11-13-22(2)15-20(23)24)17-6-8-18(9-7-17)19-10-12-21-14-19/h3-4,6-12,14,21H,5,13,15H2,1-2H3,(H,23,24)/b4-3-,16-11+. The Morgan fingerprint density at radius 2 is 1.96 bits per heavy atom. The topological polar surface area (TPSA) is 56.3 Å². The van der Waals surface area contributed by atoms with Crippen LogP contribution in [0.1, 0.15) is 18.9 Å². The fourth-order valence-electron chi connectivity index (χ4n) is 2.51. The van der Waals surface area contributed by atoms with Gasteiger partial charge in [-0.05, 0) is 48.7 Å². The SMILES string of the molecule is C/C=C\C/C(=C\CN(C)CC(=O)O)c1ccc(-c2cc[nH]c2)cc1. The third-order valence-corrected chi connectivity index (χ3v) is 3.81. The van der Waals surface area contributed by atoms with E-state index in [1.54, 1.807) is 4.90 Å². The van der Waals surface area contributed by atoms with E-state index in [0.29, 0.717) is 6.54 Å². The number of likely N-dealkylation sites (N-methyl/N-ethyl adjacent to an activating group) is 1. The number of aliphatic carboxylic acids is 1. The number of hydrogen-bond donors (Lipinski definition) is 2. The molecule has 126 valence electrons. The van der Waals surface area contributed by atoms with Crippen LogP contribution in [0.4, 0.5) is 0 Å². The van der Waals surface area contributed by atoms with Crippen LogP contribution >= 0.6 is 0 Å². The highest BCUT2D eigenvalue weighted by Gasteiger charge is 2.05. The number of rotatable bonds is 8. The Labute approximate surface area is 143 Å². The number of aromatic nitrogens is 1. The zero-order valence-electron chi connectivity index (χ0n) is 14.2. The molecule has 2 N–H and O–H groups in total. The van der Waals surface area contributed by atoms with E-state index in [0.717, 1.165) is 12.0 Å². The number of nitrogens with zero attached hydrogens (tertiary/aromatic N) is 1. The number of aromatic amines is 1. The number of carbonyl (C=O) groups is 1. The summed E-state index contributed by atoms with van der Waals surface area (Å²) in [5.74, 6) is -0.809. The molecule has 0 radical (unpaired) electrons. The van der Waals surface area contributed by atoms with Gasteiger partial charge in [-0.1, -0.05) is 42.5 Å². The number of allylic oxidation sites excluding steroid dienone is 3. The second kappa shape index (κ2) is 8.89. The molecule has 0 bridgehead atoms. The number of benzene rings is 1. The van der Waals surface area contributed by atoms with Gasteiger partial charge in [0.15, 0.2) is 0 Å². The lowest BCUT2D eigenvalue weighted by Crippen LogP contribution is -2.25. The van der Waals surface area contributed by atoms with Crippen LogP contribution in [-0.4, -0.2) is 41.1 Å². The summed E-state index contributed by atoms with van der Waals surface area (Å²) < 4.78 is 0. The van der Waals surface area contributed by atoms with Gasteiger partial charge >= 0.3 is 5.97 Å². The van der Waals surface area contributed by atoms with Gasteiger partial charge in [0, 0.05) is 18.9 Å². The maximum Gasteiger partial charge on any atom is 0.317 e. The summed E-state index contributed by atoms with van der Waals surface area (Å²) >= 11 is 0. The van der Waals surface area contributed by atoms with E-state index in [2.05, 4.69) is 41.4 Å². The molecule has 0 atom stereocenters. The summed E-state index contributed by atoms with van der Waals surface area (Å²) in [6.07, 6.45) is 11.0. The minimum Gasteiger partial charge on any atom is -0.480 e. The zero-order valence-corrected chi connectivity index (χ0v) is 14.2. The van der Waals surface area contributed by atoms with Crippen molar-refractivity contribution in [3.8, 4) is 11.1 Å². The van der Waals surface area contributed by atoms with Crippen LogP contribution in [0.5, 0.6) is 0 Å². The highest BCUT2D eigenvalue weighted by Crippen LogP contribution is 2.24. The summed E-state index contributed by atoms with van der Waals surface area (Å²) in [4.78, 5) is 15.6. The van der Waals surface area contributed by atoms with Crippen LogP contribution in [0.3, 0.4) is 0 Å². The molecule has 0 unspecified atom stereocenters. The lowest BCUT2D eigenvalue weighted by Gasteiger charge is -2.13. The number of hydrogen-bond acceptors (Lipinski definition) is 2. The number of carboxylic acids is 1. The summed E-state index contributed by atoms with van der Waals surface area (Å²) in [6, 6.07) is 10.5. The Kier molecular flexibility index (Phi) is 6.58. The monoisotopic (exact) mass is 324 g/mol. The Morgan fingerprint density at radius 3 is 2.54 bits per heavy atom. The molecular weight excluding hydrogens is 300 g/mol. The summed E-state index contributed by atoms with van der Waals surface area (Å²) in [6.45, 7) is 2.65. The smallest absolute Gasteiger partial charge is 0.317 e. The molecule has 0 aliphatic rings. The summed E-state index contributed by atoms with van der Waals surface area (Å²) in [7, 11) is 1.81. The normalized spacial score (nSPS) is 12.2. The predicted octanol–water partition coefficient (Wildman–Crippen LogP) is 4.05. The van der Waals surface area contributed by atoms with Crippen LogP contribution in [0.2, 0.25) is 0 Å². The van der Waals surface area contributed by atoms with E-state index in [-0.39, 0.29) is 6.54 Å². The molecule has 2 aromatic rings. The van der Waals surface area contributed by atoms with Crippen molar-refractivity contribution in [1.29, 1.82) is 0 Å². The molecule has 24 heavy (non-hydrogen) atoms. The van der Waals surface area contributed by atoms with E-state index >= 15 is 0 Å². The minimum absolute atomic E-state index is 0.0415. The van der Waals surface area contributed by atoms with E-state index in [9.17, 15) is 4.79 Å². The molecule has 0 spiro atoms. The predicted molar refractivity (Wildman–Crippen MR) is 98.8 cm³/mol.